The molecule has 0 aliphatic rings. The number of hydrogen-bond acceptors (Lipinski definition) is 5. The van der Waals surface area contributed by atoms with Gasteiger partial charge in [-0.1, -0.05) is 24.3 Å². The van der Waals surface area contributed by atoms with Crippen LogP contribution in [0, 0.1) is 11.6 Å². The summed E-state index contributed by atoms with van der Waals surface area (Å²) in [5.74, 6) is -2.73. The van der Waals surface area contributed by atoms with Gasteiger partial charge in [0.1, 0.15) is 17.7 Å². The van der Waals surface area contributed by atoms with Crippen molar-refractivity contribution < 1.29 is 32.4 Å². The molecule has 0 saturated heterocycles. The molecule has 0 bridgehead atoms. The van der Waals surface area contributed by atoms with Crippen LogP contribution in [0.3, 0.4) is 0 Å². The molecule has 0 saturated carbocycles. The Morgan fingerprint density at radius 2 is 1.55 bits per heavy atom. The van der Waals surface area contributed by atoms with Crippen LogP contribution in [0.15, 0.2) is 42.5 Å². The van der Waals surface area contributed by atoms with E-state index in [1.54, 1.807) is 24.3 Å². The fourth-order valence-electron chi connectivity index (χ4n) is 2.89. The van der Waals surface area contributed by atoms with Gasteiger partial charge >= 0.3 is 13.1 Å². The Morgan fingerprint density at radius 1 is 0.966 bits per heavy atom. The van der Waals surface area contributed by atoms with Gasteiger partial charge < -0.3 is 19.4 Å². The Morgan fingerprint density at radius 3 is 2.07 bits per heavy atom. The number of carbonyl (C=O) groups excluding carboxylic acids is 2. The third kappa shape index (κ3) is 6.65. The van der Waals surface area contributed by atoms with Crippen molar-refractivity contribution in [2.45, 2.75) is 18.9 Å². The standard InChI is InChI=1S/C20H22BF2NO5/c1-27-20(26)18(10-13-4-6-15(7-5-13)21(28-2)29-3)24-19(25)11-14-8-16(22)12-17(23)9-14/h4-9,12,18H,10-11H2,1-3H3,(H,24,25)/t18-/m0/s1. The molecule has 1 N–H and O–H groups in total. The Kier molecular flexibility index (Phi) is 8.29. The second-order valence-corrected chi connectivity index (χ2v) is 6.35. The molecule has 0 unspecified atom stereocenters. The van der Waals surface area contributed by atoms with Crippen LogP contribution in [0.4, 0.5) is 8.78 Å². The zero-order valence-corrected chi connectivity index (χ0v) is 16.4. The van der Waals surface area contributed by atoms with Crippen LogP contribution in [0.5, 0.6) is 0 Å². The van der Waals surface area contributed by atoms with Crippen molar-refractivity contribution in [3.8, 4) is 0 Å². The van der Waals surface area contributed by atoms with E-state index in [1.807, 2.05) is 0 Å². The molecule has 0 fully saturated rings. The van der Waals surface area contributed by atoms with Crippen LogP contribution < -0.4 is 10.8 Å². The molecule has 2 rings (SSSR count). The number of ether oxygens (including phenoxy) is 1. The average molecular weight is 405 g/mol. The van der Waals surface area contributed by atoms with E-state index in [0.29, 0.717) is 0 Å². The summed E-state index contributed by atoms with van der Waals surface area (Å²) in [5.41, 5.74) is 1.73. The minimum absolute atomic E-state index is 0.165. The van der Waals surface area contributed by atoms with E-state index in [1.165, 1.54) is 21.3 Å². The number of amides is 1. The maximum Gasteiger partial charge on any atom is 0.493 e. The minimum Gasteiger partial charge on any atom is -0.467 e. The maximum atomic E-state index is 13.3. The van der Waals surface area contributed by atoms with Crippen LogP contribution in [-0.4, -0.2) is 46.4 Å². The van der Waals surface area contributed by atoms with Crippen molar-refractivity contribution in [2.24, 2.45) is 0 Å². The summed E-state index contributed by atoms with van der Waals surface area (Å²) >= 11 is 0. The molecule has 2 aromatic carbocycles. The van der Waals surface area contributed by atoms with Gasteiger partial charge in [-0.05, 0) is 28.7 Å². The van der Waals surface area contributed by atoms with Gasteiger partial charge in [0.05, 0.1) is 13.5 Å². The number of benzene rings is 2. The molecule has 1 amide bonds. The molecule has 0 aliphatic carbocycles. The molecule has 154 valence electrons. The predicted molar refractivity (Wildman–Crippen MR) is 104 cm³/mol. The Hall–Kier alpha value is -2.78. The van der Waals surface area contributed by atoms with Crippen LogP contribution in [0.25, 0.3) is 0 Å². The first-order valence-corrected chi connectivity index (χ1v) is 8.82. The molecule has 0 aromatic heterocycles. The van der Waals surface area contributed by atoms with Crippen LogP contribution >= 0.6 is 0 Å². The van der Waals surface area contributed by atoms with Gasteiger partial charge in [-0.15, -0.1) is 0 Å². The quantitative estimate of drug-likeness (QED) is 0.505. The van der Waals surface area contributed by atoms with Gasteiger partial charge in [0.2, 0.25) is 5.91 Å². The minimum atomic E-state index is -0.947. The summed E-state index contributed by atoms with van der Waals surface area (Å²) in [5, 5.41) is 2.56. The van der Waals surface area contributed by atoms with Crippen LogP contribution in [0.1, 0.15) is 11.1 Å². The van der Waals surface area contributed by atoms with Crippen molar-refractivity contribution in [2.75, 3.05) is 21.3 Å². The highest BCUT2D eigenvalue weighted by Gasteiger charge is 2.23. The van der Waals surface area contributed by atoms with E-state index >= 15 is 0 Å². The van der Waals surface area contributed by atoms with E-state index in [0.717, 1.165) is 29.2 Å². The fourth-order valence-corrected chi connectivity index (χ4v) is 2.89. The van der Waals surface area contributed by atoms with E-state index in [4.69, 9.17) is 14.0 Å². The summed E-state index contributed by atoms with van der Waals surface area (Å²) in [6, 6.07) is 9.05. The molecule has 2 aromatic rings. The first-order chi connectivity index (χ1) is 13.9. The normalized spacial score (nSPS) is 11.6. The van der Waals surface area contributed by atoms with E-state index in [2.05, 4.69) is 5.32 Å². The molecule has 6 nitrogen and oxygen atoms in total. The number of carbonyl (C=O) groups is 2. The van der Waals surface area contributed by atoms with Crippen molar-refractivity contribution in [3.05, 3.63) is 65.2 Å². The summed E-state index contributed by atoms with van der Waals surface area (Å²) < 4.78 is 41.7. The highest BCUT2D eigenvalue weighted by atomic mass is 19.1. The number of halogens is 2. The number of hydrogen-bond donors (Lipinski definition) is 1. The fraction of sp³-hybridized carbons (Fsp3) is 0.300. The lowest BCUT2D eigenvalue weighted by Gasteiger charge is -2.17. The molecule has 0 radical (unpaired) electrons. The number of nitrogens with one attached hydrogen (secondary N) is 1. The molecule has 0 spiro atoms. The molecular formula is C20H22BF2NO5. The average Bonchev–Trinajstić information content (AvgIpc) is 2.68. The van der Waals surface area contributed by atoms with Gasteiger partial charge in [-0.25, -0.2) is 13.6 Å². The SMILES string of the molecule is COB(OC)c1ccc(C[C@H](NC(=O)Cc2cc(F)cc(F)c2)C(=O)OC)cc1. The van der Waals surface area contributed by atoms with Crippen molar-refractivity contribution in [1.29, 1.82) is 0 Å². The number of esters is 1. The van der Waals surface area contributed by atoms with Crippen molar-refractivity contribution in [3.63, 3.8) is 0 Å². The molecule has 0 aliphatic heterocycles. The van der Waals surface area contributed by atoms with Crippen LogP contribution in [-0.2, 0) is 36.5 Å². The van der Waals surface area contributed by atoms with Gasteiger partial charge in [-0.3, -0.25) is 4.79 Å². The lowest BCUT2D eigenvalue weighted by atomic mass is 9.78. The van der Waals surface area contributed by atoms with E-state index in [9.17, 15) is 18.4 Å². The highest BCUT2D eigenvalue weighted by molar-refractivity contribution is 6.61. The number of methoxy groups -OCH3 is 1. The summed E-state index contributed by atoms with van der Waals surface area (Å²) in [7, 11) is 3.76. The molecular weight excluding hydrogens is 383 g/mol. The first kappa shape index (κ1) is 22.5. The lowest BCUT2D eigenvalue weighted by molar-refractivity contribution is -0.145. The Bertz CT molecular complexity index is 823. The van der Waals surface area contributed by atoms with E-state index in [-0.39, 0.29) is 18.4 Å². The maximum absolute atomic E-state index is 13.3. The highest BCUT2D eigenvalue weighted by Crippen LogP contribution is 2.10. The second kappa shape index (κ2) is 10.7. The summed E-state index contributed by atoms with van der Waals surface area (Å²) in [4.78, 5) is 24.4. The van der Waals surface area contributed by atoms with Crippen LogP contribution in [0.2, 0.25) is 0 Å². The van der Waals surface area contributed by atoms with Crippen molar-refractivity contribution in [1.82, 2.24) is 5.32 Å². The predicted octanol–water partition coefficient (Wildman–Crippen LogP) is 1.40. The molecule has 1 atom stereocenters. The van der Waals surface area contributed by atoms with Crippen molar-refractivity contribution >= 4 is 24.5 Å². The first-order valence-electron chi connectivity index (χ1n) is 8.82. The van der Waals surface area contributed by atoms with Gasteiger partial charge in [0, 0.05) is 26.7 Å². The van der Waals surface area contributed by atoms with Gasteiger partial charge in [-0.2, -0.15) is 0 Å². The zero-order chi connectivity index (χ0) is 21.4. The third-order valence-electron chi connectivity index (χ3n) is 4.23. The molecule has 0 heterocycles. The number of rotatable bonds is 9. The van der Waals surface area contributed by atoms with Gasteiger partial charge in [0.25, 0.3) is 0 Å². The second-order valence-electron chi connectivity index (χ2n) is 6.35. The van der Waals surface area contributed by atoms with E-state index < -0.39 is 36.7 Å². The largest absolute Gasteiger partial charge is 0.493 e. The smallest absolute Gasteiger partial charge is 0.467 e. The zero-order valence-electron chi connectivity index (χ0n) is 16.4. The Balaban J connectivity index is 2.07. The Labute approximate surface area is 168 Å². The lowest BCUT2D eigenvalue weighted by Crippen LogP contribution is -2.43. The molecule has 29 heavy (non-hydrogen) atoms. The summed E-state index contributed by atoms with van der Waals surface area (Å²) in [6.45, 7) is 0. The monoisotopic (exact) mass is 405 g/mol. The third-order valence-corrected chi connectivity index (χ3v) is 4.23. The van der Waals surface area contributed by atoms with Gasteiger partial charge in [0.15, 0.2) is 0 Å². The molecule has 9 heteroatoms. The summed E-state index contributed by atoms with van der Waals surface area (Å²) in [6.07, 6.45) is -0.0920. The topological polar surface area (TPSA) is 73.9 Å².